The molecular formula is C20H22N4O3. The summed E-state index contributed by atoms with van der Waals surface area (Å²) < 4.78 is 10.8. The van der Waals surface area contributed by atoms with Gasteiger partial charge in [0.15, 0.2) is 5.82 Å². The molecule has 4 rings (SSSR count). The van der Waals surface area contributed by atoms with Gasteiger partial charge in [0, 0.05) is 18.0 Å². The SMILES string of the molecule is Cc1onc(-c2ccccc2)c1C(=O)N1CCC[C@@H]1c1nc(C(C)C)no1. The van der Waals surface area contributed by atoms with Gasteiger partial charge in [0.2, 0.25) is 5.89 Å². The van der Waals surface area contributed by atoms with Crippen LogP contribution in [0, 0.1) is 6.92 Å². The Hall–Kier alpha value is -2.96. The van der Waals surface area contributed by atoms with Gasteiger partial charge in [-0.25, -0.2) is 0 Å². The highest BCUT2D eigenvalue weighted by molar-refractivity contribution is 6.01. The smallest absolute Gasteiger partial charge is 0.260 e. The molecule has 7 nitrogen and oxygen atoms in total. The van der Waals surface area contributed by atoms with Crippen LogP contribution >= 0.6 is 0 Å². The molecule has 0 saturated carbocycles. The molecule has 0 aliphatic carbocycles. The van der Waals surface area contributed by atoms with Gasteiger partial charge in [0.1, 0.15) is 23.1 Å². The predicted octanol–water partition coefficient (Wildman–Crippen LogP) is 4.13. The van der Waals surface area contributed by atoms with Gasteiger partial charge in [-0.05, 0) is 19.8 Å². The third-order valence-electron chi connectivity index (χ3n) is 4.90. The molecule has 1 atom stereocenters. The number of aryl methyl sites for hydroxylation is 1. The molecule has 140 valence electrons. The Kier molecular flexibility index (Phi) is 4.51. The lowest BCUT2D eigenvalue weighted by molar-refractivity contribution is 0.0709. The normalized spacial score (nSPS) is 17.0. The summed E-state index contributed by atoms with van der Waals surface area (Å²) in [5.41, 5.74) is 1.92. The van der Waals surface area contributed by atoms with Crippen LogP contribution in [0.3, 0.4) is 0 Å². The highest BCUT2D eigenvalue weighted by Gasteiger charge is 2.37. The largest absolute Gasteiger partial charge is 0.360 e. The van der Waals surface area contributed by atoms with Gasteiger partial charge < -0.3 is 13.9 Å². The summed E-state index contributed by atoms with van der Waals surface area (Å²) in [5, 5.41) is 8.17. The van der Waals surface area contributed by atoms with Gasteiger partial charge in [0.25, 0.3) is 5.91 Å². The lowest BCUT2D eigenvalue weighted by Gasteiger charge is -2.21. The maximum Gasteiger partial charge on any atom is 0.260 e. The fraction of sp³-hybridized carbons (Fsp3) is 0.400. The number of hydrogen-bond acceptors (Lipinski definition) is 6. The topological polar surface area (TPSA) is 85.3 Å². The first kappa shape index (κ1) is 17.5. The van der Waals surface area contributed by atoms with Crippen LogP contribution in [-0.2, 0) is 0 Å². The van der Waals surface area contributed by atoms with Gasteiger partial charge in [-0.15, -0.1) is 0 Å². The summed E-state index contributed by atoms with van der Waals surface area (Å²) in [6.45, 7) is 6.43. The first-order valence-electron chi connectivity index (χ1n) is 9.22. The molecule has 1 saturated heterocycles. The van der Waals surface area contributed by atoms with E-state index >= 15 is 0 Å². The van der Waals surface area contributed by atoms with Crippen molar-refractivity contribution in [2.24, 2.45) is 0 Å². The summed E-state index contributed by atoms with van der Waals surface area (Å²) in [6.07, 6.45) is 1.69. The van der Waals surface area contributed by atoms with E-state index in [1.165, 1.54) is 0 Å². The molecule has 1 fully saturated rings. The Morgan fingerprint density at radius 2 is 1.96 bits per heavy atom. The number of aromatic nitrogens is 3. The maximum atomic E-state index is 13.4. The number of rotatable bonds is 4. The van der Waals surface area contributed by atoms with Crippen LogP contribution in [0.15, 0.2) is 39.4 Å². The maximum absolute atomic E-state index is 13.4. The fourth-order valence-electron chi connectivity index (χ4n) is 3.44. The van der Waals surface area contributed by atoms with Crippen LogP contribution < -0.4 is 0 Å². The fourth-order valence-corrected chi connectivity index (χ4v) is 3.44. The standard InChI is InChI=1S/C20H22N4O3/c1-12(2)18-21-19(27-23-18)15-10-7-11-24(15)20(25)16-13(3)26-22-17(16)14-8-5-4-6-9-14/h4-6,8-9,12,15H,7,10-11H2,1-3H3/t15-/m1/s1. The van der Waals surface area contributed by atoms with Crippen molar-refractivity contribution in [1.29, 1.82) is 0 Å². The van der Waals surface area contributed by atoms with Crippen LogP contribution in [-0.4, -0.2) is 32.6 Å². The Bertz CT molecular complexity index is 945. The molecule has 0 spiro atoms. The molecule has 0 bridgehead atoms. The third kappa shape index (κ3) is 3.13. The lowest BCUT2D eigenvalue weighted by atomic mass is 10.0. The third-order valence-corrected chi connectivity index (χ3v) is 4.90. The second-order valence-electron chi connectivity index (χ2n) is 7.13. The molecule has 3 heterocycles. The molecule has 0 unspecified atom stereocenters. The van der Waals surface area contributed by atoms with Crippen LogP contribution in [0.2, 0.25) is 0 Å². The average molecular weight is 366 g/mol. The van der Waals surface area contributed by atoms with Crippen molar-refractivity contribution >= 4 is 5.91 Å². The number of carbonyl (C=O) groups excluding carboxylic acids is 1. The van der Waals surface area contributed by atoms with Crippen molar-refractivity contribution in [1.82, 2.24) is 20.2 Å². The number of benzene rings is 1. The zero-order valence-corrected chi connectivity index (χ0v) is 15.7. The number of nitrogens with zero attached hydrogens (tertiary/aromatic N) is 4. The Morgan fingerprint density at radius 3 is 2.67 bits per heavy atom. The van der Waals surface area contributed by atoms with Crippen LogP contribution in [0.4, 0.5) is 0 Å². The predicted molar refractivity (Wildman–Crippen MR) is 98.1 cm³/mol. The Labute approximate surface area is 157 Å². The van der Waals surface area contributed by atoms with E-state index in [4.69, 9.17) is 9.05 Å². The van der Waals surface area contributed by atoms with Gasteiger partial charge >= 0.3 is 0 Å². The minimum Gasteiger partial charge on any atom is -0.360 e. The van der Waals surface area contributed by atoms with Crippen molar-refractivity contribution in [2.75, 3.05) is 6.54 Å². The molecule has 1 aliphatic heterocycles. The number of amides is 1. The number of hydrogen-bond donors (Lipinski definition) is 0. The number of carbonyl (C=O) groups is 1. The van der Waals surface area contributed by atoms with Crippen molar-refractivity contribution in [2.45, 2.75) is 45.6 Å². The molecule has 0 radical (unpaired) electrons. The van der Waals surface area contributed by atoms with Gasteiger partial charge in [-0.3, -0.25) is 4.79 Å². The van der Waals surface area contributed by atoms with Crippen LogP contribution in [0.5, 0.6) is 0 Å². The van der Waals surface area contributed by atoms with Crippen molar-refractivity contribution < 1.29 is 13.8 Å². The zero-order chi connectivity index (χ0) is 19.0. The van der Waals surface area contributed by atoms with Gasteiger partial charge in [-0.2, -0.15) is 4.98 Å². The highest BCUT2D eigenvalue weighted by Crippen LogP contribution is 2.35. The van der Waals surface area contributed by atoms with E-state index in [1.54, 1.807) is 11.8 Å². The van der Waals surface area contributed by atoms with Crippen molar-refractivity contribution in [3.05, 3.63) is 53.4 Å². The summed E-state index contributed by atoms with van der Waals surface area (Å²) in [4.78, 5) is 19.7. The summed E-state index contributed by atoms with van der Waals surface area (Å²) in [6, 6.07) is 9.38. The summed E-state index contributed by atoms with van der Waals surface area (Å²) >= 11 is 0. The molecule has 3 aromatic rings. The highest BCUT2D eigenvalue weighted by atomic mass is 16.5. The van der Waals surface area contributed by atoms with E-state index in [2.05, 4.69) is 15.3 Å². The zero-order valence-electron chi connectivity index (χ0n) is 15.7. The van der Waals surface area contributed by atoms with E-state index in [1.807, 2.05) is 44.2 Å². The molecule has 7 heteroatoms. The number of likely N-dealkylation sites (tertiary alicyclic amines) is 1. The Morgan fingerprint density at radius 1 is 1.19 bits per heavy atom. The molecule has 0 N–H and O–H groups in total. The second kappa shape index (κ2) is 6.98. The van der Waals surface area contributed by atoms with Crippen molar-refractivity contribution in [3.8, 4) is 11.3 Å². The van der Waals surface area contributed by atoms with E-state index in [0.717, 1.165) is 18.4 Å². The van der Waals surface area contributed by atoms with E-state index in [-0.39, 0.29) is 17.9 Å². The van der Waals surface area contributed by atoms with Gasteiger partial charge in [-0.1, -0.05) is 54.5 Å². The van der Waals surface area contributed by atoms with Crippen molar-refractivity contribution in [3.63, 3.8) is 0 Å². The van der Waals surface area contributed by atoms with Gasteiger partial charge in [0.05, 0.1) is 0 Å². The minimum atomic E-state index is -0.213. The van der Waals surface area contributed by atoms with Crippen LogP contribution in [0.1, 0.15) is 66.5 Å². The average Bonchev–Trinajstić information content (AvgIpc) is 3.40. The van der Waals surface area contributed by atoms with E-state index in [9.17, 15) is 4.79 Å². The molecule has 1 amide bonds. The van der Waals surface area contributed by atoms with E-state index in [0.29, 0.717) is 35.3 Å². The second-order valence-corrected chi connectivity index (χ2v) is 7.13. The molecule has 1 aliphatic rings. The lowest BCUT2D eigenvalue weighted by Crippen LogP contribution is -2.31. The summed E-state index contributed by atoms with van der Waals surface area (Å²) in [7, 11) is 0. The molecular weight excluding hydrogens is 344 g/mol. The first-order valence-corrected chi connectivity index (χ1v) is 9.22. The monoisotopic (exact) mass is 366 g/mol. The molecule has 1 aromatic carbocycles. The first-order chi connectivity index (χ1) is 13.1. The van der Waals surface area contributed by atoms with Crippen LogP contribution in [0.25, 0.3) is 11.3 Å². The molecule has 2 aromatic heterocycles. The minimum absolute atomic E-state index is 0.112. The van der Waals surface area contributed by atoms with E-state index < -0.39 is 0 Å². The summed E-state index contributed by atoms with van der Waals surface area (Å²) in [5.74, 6) is 1.74. The molecule has 27 heavy (non-hydrogen) atoms. The Balaban J connectivity index is 1.67. The quantitative estimate of drug-likeness (QED) is 0.690.